The topological polar surface area (TPSA) is 53.4 Å². The van der Waals surface area contributed by atoms with Gasteiger partial charge in [0, 0.05) is 45.0 Å². The van der Waals surface area contributed by atoms with E-state index in [1.165, 1.54) is 12.1 Å². The van der Waals surface area contributed by atoms with Crippen molar-refractivity contribution in [1.29, 1.82) is 0 Å². The van der Waals surface area contributed by atoms with Crippen LogP contribution in [0.15, 0.2) is 30.6 Å². The molecule has 3 rings (SSSR count). The number of carbonyl (C=O) groups excluding carboxylic acids is 1. The highest BCUT2D eigenvalue weighted by Crippen LogP contribution is 2.20. The molecule has 1 saturated heterocycles. The van der Waals surface area contributed by atoms with Gasteiger partial charge in [-0.1, -0.05) is 12.1 Å². The molecule has 2 amide bonds. The van der Waals surface area contributed by atoms with Gasteiger partial charge in [0.05, 0.1) is 17.9 Å². The average molecular weight is 349 g/mol. The minimum Gasteiger partial charge on any atom is -0.365 e. The largest absolute Gasteiger partial charge is 0.365 e. The third-order valence-corrected chi connectivity index (χ3v) is 4.41. The fourth-order valence-corrected chi connectivity index (χ4v) is 2.95. The Morgan fingerprint density at radius 1 is 1.24 bits per heavy atom. The second-order valence-electron chi connectivity index (χ2n) is 6.16. The van der Waals surface area contributed by atoms with Gasteiger partial charge in [-0.2, -0.15) is 5.10 Å². The maximum atomic E-state index is 13.8. The lowest BCUT2D eigenvalue weighted by Gasteiger charge is -2.35. The maximum absolute atomic E-state index is 13.8. The second-order valence-corrected chi connectivity index (χ2v) is 6.16. The first kappa shape index (κ1) is 17.2. The van der Waals surface area contributed by atoms with Crippen molar-refractivity contribution in [3.8, 4) is 0 Å². The third-order valence-electron chi connectivity index (χ3n) is 4.41. The van der Waals surface area contributed by atoms with Gasteiger partial charge in [-0.3, -0.25) is 4.68 Å². The first-order chi connectivity index (χ1) is 12.0. The number of carbonyl (C=O) groups is 1. The molecule has 134 valence electrons. The van der Waals surface area contributed by atoms with E-state index in [4.69, 9.17) is 0 Å². The van der Waals surface area contributed by atoms with E-state index < -0.39 is 17.7 Å². The SMILES string of the molecule is CC(NC(=O)N1CCN(c2cnn(C)c2)CC1)c1cccc(F)c1F. The van der Waals surface area contributed by atoms with E-state index in [-0.39, 0.29) is 11.6 Å². The molecular weight excluding hydrogens is 328 g/mol. The zero-order chi connectivity index (χ0) is 18.0. The number of aromatic nitrogens is 2. The minimum absolute atomic E-state index is 0.141. The van der Waals surface area contributed by atoms with E-state index in [1.807, 2.05) is 13.2 Å². The summed E-state index contributed by atoms with van der Waals surface area (Å²) in [5, 5.41) is 6.89. The number of nitrogens with one attached hydrogen (secondary N) is 1. The van der Waals surface area contributed by atoms with Gasteiger partial charge in [-0.15, -0.1) is 0 Å². The van der Waals surface area contributed by atoms with Crippen molar-refractivity contribution in [1.82, 2.24) is 20.0 Å². The lowest BCUT2D eigenvalue weighted by molar-refractivity contribution is 0.191. The zero-order valence-corrected chi connectivity index (χ0v) is 14.2. The molecule has 0 radical (unpaired) electrons. The lowest BCUT2D eigenvalue weighted by Crippen LogP contribution is -2.52. The van der Waals surface area contributed by atoms with Gasteiger partial charge in [0.15, 0.2) is 11.6 Å². The Balaban J connectivity index is 1.56. The normalized spacial score (nSPS) is 16.0. The van der Waals surface area contributed by atoms with E-state index >= 15 is 0 Å². The number of rotatable bonds is 3. The molecule has 1 aliphatic rings. The summed E-state index contributed by atoms with van der Waals surface area (Å²) in [5.74, 6) is -1.83. The van der Waals surface area contributed by atoms with Crippen LogP contribution in [0.1, 0.15) is 18.5 Å². The van der Waals surface area contributed by atoms with Crippen molar-refractivity contribution >= 4 is 11.7 Å². The Morgan fingerprint density at radius 2 is 1.96 bits per heavy atom. The number of hydrogen-bond donors (Lipinski definition) is 1. The summed E-state index contributed by atoms with van der Waals surface area (Å²) in [6, 6.07) is 3.08. The molecule has 0 bridgehead atoms. The van der Waals surface area contributed by atoms with Crippen molar-refractivity contribution < 1.29 is 13.6 Å². The second kappa shape index (κ2) is 7.08. The third kappa shape index (κ3) is 3.72. The van der Waals surface area contributed by atoms with Crippen LogP contribution < -0.4 is 10.2 Å². The quantitative estimate of drug-likeness (QED) is 0.925. The van der Waals surface area contributed by atoms with Crippen LogP contribution in [0.5, 0.6) is 0 Å². The Morgan fingerprint density at radius 3 is 2.60 bits per heavy atom. The van der Waals surface area contributed by atoms with Gasteiger partial charge in [0.1, 0.15) is 0 Å². The number of urea groups is 1. The number of piperazine rings is 1. The molecular formula is C17H21F2N5O. The van der Waals surface area contributed by atoms with Crippen molar-refractivity contribution in [2.75, 3.05) is 31.1 Å². The lowest BCUT2D eigenvalue weighted by atomic mass is 10.1. The van der Waals surface area contributed by atoms with Gasteiger partial charge in [0.25, 0.3) is 0 Å². The number of hydrogen-bond acceptors (Lipinski definition) is 3. The molecule has 1 fully saturated rings. The van der Waals surface area contributed by atoms with Crippen LogP contribution in [-0.2, 0) is 7.05 Å². The fraction of sp³-hybridized carbons (Fsp3) is 0.412. The molecule has 1 aromatic heterocycles. The van der Waals surface area contributed by atoms with Crippen molar-refractivity contribution in [3.63, 3.8) is 0 Å². The number of amides is 2. The predicted molar refractivity (Wildman–Crippen MR) is 90.3 cm³/mol. The molecule has 0 aliphatic carbocycles. The number of nitrogens with zero attached hydrogens (tertiary/aromatic N) is 4. The molecule has 25 heavy (non-hydrogen) atoms. The smallest absolute Gasteiger partial charge is 0.317 e. The molecule has 8 heteroatoms. The Kier molecular flexibility index (Phi) is 4.87. The van der Waals surface area contributed by atoms with Crippen LogP contribution in [0.2, 0.25) is 0 Å². The zero-order valence-electron chi connectivity index (χ0n) is 14.2. The number of halogens is 2. The molecule has 1 unspecified atom stereocenters. The Bertz CT molecular complexity index is 755. The van der Waals surface area contributed by atoms with E-state index in [9.17, 15) is 13.6 Å². The number of benzene rings is 1. The molecule has 2 aromatic rings. The minimum atomic E-state index is -0.920. The fourth-order valence-electron chi connectivity index (χ4n) is 2.95. The molecule has 0 spiro atoms. The summed E-state index contributed by atoms with van der Waals surface area (Å²) in [5.41, 5.74) is 1.17. The van der Waals surface area contributed by atoms with Gasteiger partial charge < -0.3 is 15.1 Å². The predicted octanol–water partition coefficient (Wildman–Crippen LogP) is 2.29. The van der Waals surface area contributed by atoms with Crippen LogP contribution in [0, 0.1) is 11.6 Å². The highest BCUT2D eigenvalue weighted by Gasteiger charge is 2.24. The molecule has 1 aromatic carbocycles. The Hall–Kier alpha value is -2.64. The van der Waals surface area contributed by atoms with Crippen LogP contribution >= 0.6 is 0 Å². The van der Waals surface area contributed by atoms with E-state index in [0.29, 0.717) is 26.2 Å². The number of anilines is 1. The highest BCUT2D eigenvalue weighted by atomic mass is 19.2. The van der Waals surface area contributed by atoms with E-state index in [0.717, 1.165) is 11.8 Å². The van der Waals surface area contributed by atoms with Crippen molar-refractivity contribution in [2.45, 2.75) is 13.0 Å². The average Bonchev–Trinajstić information content (AvgIpc) is 3.04. The maximum Gasteiger partial charge on any atom is 0.317 e. The van der Waals surface area contributed by atoms with E-state index in [2.05, 4.69) is 15.3 Å². The van der Waals surface area contributed by atoms with Gasteiger partial charge in [0.2, 0.25) is 0 Å². The van der Waals surface area contributed by atoms with Gasteiger partial charge >= 0.3 is 6.03 Å². The Labute approximate surface area is 145 Å². The van der Waals surface area contributed by atoms with Crippen LogP contribution in [-0.4, -0.2) is 46.9 Å². The summed E-state index contributed by atoms with van der Waals surface area (Å²) in [4.78, 5) is 16.2. The standard InChI is InChI=1S/C17H21F2N5O/c1-12(14-4-3-5-15(18)16(14)19)21-17(25)24-8-6-23(7-9-24)13-10-20-22(2)11-13/h3-5,10-12H,6-9H2,1-2H3,(H,21,25). The summed E-state index contributed by atoms with van der Waals surface area (Å²) >= 11 is 0. The van der Waals surface area contributed by atoms with Crippen LogP contribution in [0.3, 0.4) is 0 Å². The van der Waals surface area contributed by atoms with Crippen molar-refractivity contribution in [2.24, 2.45) is 7.05 Å². The van der Waals surface area contributed by atoms with E-state index in [1.54, 1.807) is 22.7 Å². The summed E-state index contributed by atoms with van der Waals surface area (Å²) in [7, 11) is 1.86. The van der Waals surface area contributed by atoms with Gasteiger partial charge in [-0.25, -0.2) is 13.6 Å². The number of aryl methyl sites for hydroxylation is 1. The molecule has 0 saturated carbocycles. The first-order valence-electron chi connectivity index (χ1n) is 8.18. The first-order valence-corrected chi connectivity index (χ1v) is 8.18. The molecule has 1 atom stereocenters. The van der Waals surface area contributed by atoms with Gasteiger partial charge in [-0.05, 0) is 13.0 Å². The van der Waals surface area contributed by atoms with Crippen LogP contribution in [0.4, 0.5) is 19.3 Å². The van der Waals surface area contributed by atoms with Crippen LogP contribution in [0.25, 0.3) is 0 Å². The molecule has 6 nitrogen and oxygen atoms in total. The monoisotopic (exact) mass is 349 g/mol. The highest BCUT2D eigenvalue weighted by molar-refractivity contribution is 5.75. The molecule has 1 aliphatic heterocycles. The summed E-state index contributed by atoms with van der Waals surface area (Å²) < 4.78 is 28.9. The molecule has 2 heterocycles. The summed E-state index contributed by atoms with van der Waals surface area (Å²) in [6.07, 6.45) is 3.73. The summed E-state index contributed by atoms with van der Waals surface area (Å²) in [6.45, 7) is 4.14. The molecule has 1 N–H and O–H groups in total. The van der Waals surface area contributed by atoms with Crippen molar-refractivity contribution in [3.05, 3.63) is 47.8 Å².